The zero-order valence-corrected chi connectivity index (χ0v) is 16.3. The first-order chi connectivity index (χ1) is 14.3. The summed E-state index contributed by atoms with van der Waals surface area (Å²) in [4.78, 5) is 6.95. The van der Waals surface area contributed by atoms with Crippen molar-refractivity contribution in [2.45, 2.75) is 19.3 Å². The molecule has 1 aliphatic heterocycles. The molecule has 29 heavy (non-hydrogen) atoms. The Labute approximate surface area is 170 Å². The van der Waals surface area contributed by atoms with Crippen LogP contribution >= 0.6 is 0 Å². The van der Waals surface area contributed by atoms with E-state index < -0.39 is 0 Å². The van der Waals surface area contributed by atoms with Crippen LogP contribution in [-0.2, 0) is 12.8 Å². The van der Waals surface area contributed by atoms with Crippen molar-refractivity contribution in [3.63, 3.8) is 0 Å². The van der Waals surface area contributed by atoms with E-state index >= 15 is 0 Å². The molecule has 2 aromatic carbocycles. The number of hydrogen-bond donors (Lipinski definition) is 0. The number of aryl methyl sites for hydroxylation is 2. The van der Waals surface area contributed by atoms with Crippen LogP contribution < -0.4 is 4.90 Å². The molecule has 0 atom stereocenters. The number of aromatic nitrogens is 3. The van der Waals surface area contributed by atoms with Crippen LogP contribution in [0.5, 0.6) is 0 Å². The highest BCUT2D eigenvalue weighted by molar-refractivity contribution is 5.81. The van der Waals surface area contributed by atoms with Gasteiger partial charge in [0.1, 0.15) is 0 Å². The lowest BCUT2D eigenvalue weighted by molar-refractivity contribution is 0.948. The Morgan fingerprint density at radius 3 is 2.24 bits per heavy atom. The van der Waals surface area contributed by atoms with Gasteiger partial charge in [-0.2, -0.15) is 10.2 Å². The minimum atomic E-state index is 0.854. The molecule has 0 saturated heterocycles. The highest BCUT2D eigenvalue weighted by Crippen LogP contribution is 2.36. The summed E-state index contributed by atoms with van der Waals surface area (Å²) in [5.74, 6) is 0. The number of hydrogen-bond acceptors (Lipinski definition) is 4. The highest BCUT2D eigenvalue weighted by Gasteiger charge is 2.20. The fraction of sp³-hybridized carbons (Fsp3) is 0.160. The molecular formula is C25H22N4. The summed E-state index contributed by atoms with van der Waals surface area (Å²) in [6, 6.07) is 19.6. The van der Waals surface area contributed by atoms with Crippen molar-refractivity contribution >= 4 is 27.9 Å². The van der Waals surface area contributed by atoms with Gasteiger partial charge in [0.15, 0.2) is 0 Å². The number of para-hydroxylation sites is 2. The first-order valence-corrected chi connectivity index (χ1v) is 9.97. The molecule has 0 fully saturated rings. The van der Waals surface area contributed by atoms with Crippen molar-refractivity contribution in [3.8, 4) is 0 Å². The van der Waals surface area contributed by atoms with E-state index in [9.17, 15) is 0 Å². The Balaban J connectivity index is 1.44. The monoisotopic (exact) mass is 378 g/mol. The van der Waals surface area contributed by atoms with Crippen LogP contribution in [0.25, 0.3) is 16.5 Å². The number of rotatable bonds is 4. The molecule has 0 aliphatic carbocycles. The maximum Gasteiger partial charge on any atom is 0.0919 e. The van der Waals surface area contributed by atoms with Crippen molar-refractivity contribution in [3.05, 3.63) is 96.5 Å². The lowest BCUT2D eigenvalue weighted by Gasteiger charge is -2.27. The van der Waals surface area contributed by atoms with E-state index in [-0.39, 0.29) is 0 Å². The number of pyridine rings is 1. The summed E-state index contributed by atoms with van der Waals surface area (Å²) in [6.07, 6.45) is 8.32. The van der Waals surface area contributed by atoms with Gasteiger partial charge in [0.05, 0.1) is 17.9 Å². The van der Waals surface area contributed by atoms with Gasteiger partial charge in [-0.25, -0.2) is 0 Å². The SMILES string of the molecule is C=C(CCN1c2ccccc2CCc2ccccc21)c1cnc2cnncc2c1. The van der Waals surface area contributed by atoms with Gasteiger partial charge in [0.2, 0.25) is 0 Å². The van der Waals surface area contributed by atoms with Crippen molar-refractivity contribution < 1.29 is 0 Å². The maximum atomic E-state index is 4.51. The summed E-state index contributed by atoms with van der Waals surface area (Å²) in [7, 11) is 0. The molecule has 0 amide bonds. The van der Waals surface area contributed by atoms with E-state index in [4.69, 9.17) is 0 Å². The Morgan fingerprint density at radius 1 is 0.862 bits per heavy atom. The summed E-state index contributed by atoms with van der Waals surface area (Å²) in [5, 5.41) is 8.85. The van der Waals surface area contributed by atoms with Crippen LogP contribution in [0.3, 0.4) is 0 Å². The van der Waals surface area contributed by atoms with Crippen molar-refractivity contribution in [2.75, 3.05) is 11.4 Å². The Morgan fingerprint density at radius 2 is 1.52 bits per heavy atom. The minimum absolute atomic E-state index is 0.854. The second-order valence-corrected chi connectivity index (χ2v) is 7.45. The quantitative estimate of drug-likeness (QED) is 0.479. The maximum absolute atomic E-state index is 4.51. The van der Waals surface area contributed by atoms with Crippen LogP contribution in [0.15, 0.2) is 79.8 Å². The molecule has 3 heterocycles. The fourth-order valence-corrected chi connectivity index (χ4v) is 4.08. The summed E-state index contributed by atoms with van der Waals surface area (Å²) >= 11 is 0. The average Bonchev–Trinajstić information content (AvgIpc) is 2.94. The van der Waals surface area contributed by atoms with Crippen LogP contribution in [0.4, 0.5) is 11.4 Å². The third kappa shape index (κ3) is 3.38. The molecule has 0 N–H and O–H groups in total. The zero-order chi connectivity index (χ0) is 19.6. The van der Waals surface area contributed by atoms with E-state index in [1.807, 2.05) is 6.20 Å². The van der Waals surface area contributed by atoms with Gasteiger partial charge in [-0.1, -0.05) is 43.0 Å². The number of fused-ring (bicyclic) bond motifs is 3. The second-order valence-electron chi connectivity index (χ2n) is 7.45. The highest BCUT2D eigenvalue weighted by atomic mass is 15.1. The first-order valence-electron chi connectivity index (χ1n) is 9.97. The molecule has 142 valence electrons. The van der Waals surface area contributed by atoms with Gasteiger partial charge < -0.3 is 4.90 Å². The predicted molar refractivity (Wildman–Crippen MR) is 118 cm³/mol. The van der Waals surface area contributed by atoms with Crippen LogP contribution in [0.1, 0.15) is 23.1 Å². The molecular weight excluding hydrogens is 356 g/mol. The van der Waals surface area contributed by atoms with Crippen LogP contribution in [0, 0.1) is 0 Å². The molecule has 0 bridgehead atoms. The smallest absolute Gasteiger partial charge is 0.0919 e. The van der Waals surface area contributed by atoms with E-state index in [0.717, 1.165) is 47.8 Å². The van der Waals surface area contributed by atoms with E-state index in [0.29, 0.717) is 0 Å². The van der Waals surface area contributed by atoms with Crippen molar-refractivity contribution in [2.24, 2.45) is 0 Å². The Hall–Kier alpha value is -3.53. The molecule has 2 aromatic heterocycles. The van der Waals surface area contributed by atoms with E-state index in [1.54, 1.807) is 12.4 Å². The number of nitrogens with zero attached hydrogens (tertiary/aromatic N) is 4. The summed E-state index contributed by atoms with van der Waals surface area (Å²) in [6.45, 7) is 5.22. The van der Waals surface area contributed by atoms with Crippen molar-refractivity contribution in [1.29, 1.82) is 0 Å². The Bertz CT molecular complexity index is 1150. The van der Waals surface area contributed by atoms with Gasteiger partial charge in [-0.15, -0.1) is 0 Å². The summed E-state index contributed by atoms with van der Waals surface area (Å²) < 4.78 is 0. The van der Waals surface area contributed by atoms with Crippen molar-refractivity contribution in [1.82, 2.24) is 15.2 Å². The van der Waals surface area contributed by atoms with Gasteiger partial charge >= 0.3 is 0 Å². The van der Waals surface area contributed by atoms with E-state index in [2.05, 4.69) is 81.3 Å². The lowest BCUT2D eigenvalue weighted by atomic mass is 10.0. The normalized spacial score (nSPS) is 12.9. The minimum Gasteiger partial charge on any atom is -0.341 e. The van der Waals surface area contributed by atoms with Crippen LogP contribution in [0.2, 0.25) is 0 Å². The van der Waals surface area contributed by atoms with E-state index in [1.165, 1.54) is 22.5 Å². The predicted octanol–water partition coefficient (Wildman–Crippen LogP) is 5.37. The lowest BCUT2D eigenvalue weighted by Crippen LogP contribution is -2.20. The molecule has 0 saturated carbocycles. The zero-order valence-electron chi connectivity index (χ0n) is 16.3. The molecule has 5 rings (SSSR count). The average molecular weight is 378 g/mol. The second kappa shape index (κ2) is 7.47. The molecule has 4 heteroatoms. The van der Waals surface area contributed by atoms with Gasteiger partial charge in [0.25, 0.3) is 0 Å². The molecule has 4 aromatic rings. The third-order valence-corrected chi connectivity index (χ3v) is 5.67. The Kier molecular flexibility index (Phi) is 4.53. The molecule has 0 radical (unpaired) electrons. The van der Waals surface area contributed by atoms with Gasteiger partial charge in [0, 0.05) is 29.5 Å². The molecule has 4 nitrogen and oxygen atoms in total. The number of anilines is 2. The first kappa shape index (κ1) is 17.6. The standard InChI is InChI=1S/C25H22N4/c1-18(21-14-22-16-27-28-17-23(22)26-15-21)12-13-29-24-8-4-2-6-19(24)10-11-20-7-3-5-9-25(20)29/h2-9,14-17H,1,10-13H2. The van der Waals surface area contributed by atoms with Crippen LogP contribution in [-0.4, -0.2) is 21.7 Å². The van der Waals surface area contributed by atoms with Gasteiger partial charge in [-0.3, -0.25) is 4.98 Å². The summed E-state index contributed by atoms with van der Waals surface area (Å²) in [5.41, 5.74) is 8.40. The molecule has 0 spiro atoms. The molecule has 0 unspecified atom stereocenters. The molecule has 1 aliphatic rings. The fourth-order valence-electron chi connectivity index (χ4n) is 4.08. The largest absolute Gasteiger partial charge is 0.341 e. The van der Waals surface area contributed by atoms with Gasteiger partial charge in [-0.05, 0) is 59.7 Å². The number of benzene rings is 2. The topological polar surface area (TPSA) is 41.9 Å². The third-order valence-electron chi connectivity index (χ3n) is 5.67.